The highest BCUT2D eigenvalue weighted by Crippen LogP contribution is 2.27. The zero-order valence-corrected chi connectivity index (χ0v) is 10.7. The van der Waals surface area contributed by atoms with E-state index in [4.69, 9.17) is 5.73 Å². The van der Waals surface area contributed by atoms with Crippen LogP contribution in [0.1, 0.15) is 24.3 Å². The Kier molecular flexibility index (Phi) is 4.15. The van der Waals surface area contributed by atoms with Gasteiger partial charge in [0.2, 0.25) is 5.91 Å². The summed E-state index contributed by atoms with van der Waals surface area (Å²) in [6, 6.07) is 4.09. The van der Waals surface area contributed by atoms with Gasteiger partial charge in [-0.2, -0.15) is 0 Å². The molecule has 1 unspecified atom stereocenters. The molecule has 1 aliphatic heterocycles. The molecule has 0 aromatic carbocycles. The van der Waals surface area contributed by atoms with Crippen LogP contribution in [-0.4, -0.2) is 42.5 Å². The van der Waals surface area contributed by atoms with Gasteiger partial charge in [-0.05, 0) is 30.5 Å². The normalized spacial score (nSPS) is 19.7. The fourth-order valence-corrected chi connectivity index (χ4v) is 2.44. The van der Waals surface area contributed by atoms with Crippen LogP contribution in [0.3, 0.4) is 0 Å². The molecule has 3 N–H and O–H groups in total. The average molecular weight is 248 g/mol. The van der Waals surface area contributed by atoms with Crippen molar-refractivity contribution in [1.29, 1.82) is 0 Å². The van der Waals surface area contributed by atoms with Crippen molar-refractivity contribution in [2.75, 3.05) is 32.0 Å². The lowest BCUT2D eigenvalue weighted by molar-refractivity contribution is -0.130. The largest absolute Gasteiger partial charge is 0.373 e. The Morgan fingerprint density at radius 3 is 3.22 bits per heavy atom. The van der Waals surface area contributed by atoms with Crippen LogP contribution in [0, 0.1) is 0 Å². The minimum atomic E-state index is 0.0441. The van der Waals surface area contributed by atoms with Gasteiger partial charge in [-0.1, -0.05) is 0 Å². The highest BCUT2D eigenvalue weighted by Gasteiger charge is 2.24. The molecule has 0 bridgehead atoms. The summed E-state index contributed by atoms with van der Waals surface area (Å²) in [4.78, 5) is 17.7. The molecule has 5 nitrogen and oxygen atoms in total. The van der Waals surface area contributed by atoms with Gasteiger partial charge in [0.05, 0.1) is 6.54 Å². The van der Waals surface area contributed by atoms with Crippen LogP contribution < -0.4 is 11.1 Å². The summed E-state index contributed by atoms with van der Waals surface area (Å²) < 4.78 is 0. The highest BCUT2D eigenvalue weighted by molar-refractivity contribution is 5.78. The topological polar surface area (TPSA) is 71.2 Å². The molecule has 2 heterocycles. The van der Waals surface area contributed by atoms with Crippen molar-refractivity contribution in [2.24, 2.45) is 5.73 Å². The molecular formula is C13H20N4O. The van der Waals surface area contributed by atoms with Gasteiger partial charge in [0, 0.05) is 32.3 Å². The van der Waals surface area contributed by atoms with E-state index in [9.17, 15) is 4.79 Å². The Morgan fingerprint density at radius 1 is 1.67 bits per heavy atom. The highest BCUT2D eigenvalue weighted by atomic mass is 16.2. The van der Waals surface area contributed by atoms with Gasteiger partial charge < -0.3 is 16.0 Å². The Balaban J connectivity index is 2.10. The number of rotatable bonds is 3. The lowest BCUT2D eigenvalue weighted by Gasteiger charge is -2.32. The third kappa shape index (κ3) is 2.79. The summed E-state index contributed by atoms with van der Waals surface area (Å²) in [5.41, 5.74) is 6.66. The molecule has 5 heteroatoms. The van der Waals surface area contributed by atoms with E-state index in [2.05, 4.69) is 16.4 Å². The number of nitrogens with zero attached hydrogens (tertiary/aromatic N) is 2. The van der Waals surface area contributed by atoms with Crippen molar-refractivity contribution in [3.63, 3.8) is 0 Å². The quantitative estimate of drug-likeness (QED) is 0.829. The van der Waals surface area contributed by atoms with E-state index in [1.165, 1.54) is 5.56 Å². The Morgan fingerprint density at radius 2 is 2.50 bits per heavy atom. The lowest BCUT2D eigenvalue weighted by atomic mass is 9.91. The smallest absolute Gasteiger partial charge is 0.236 e. The molecule has 1 amide bonds. The van der Waals surface area contributed by atoms with Crippen LogP contribution in [0.2, 0.25) is 0 Å². The number of amides is 1. The molecule has 0 spiro atoms. The number of aromatic nitrogens is 1. The molecule has 1 aromatic heterocycles. The number of piperidine rings is 1. The van der Waals surface area contributed by atoms with Crippen LogP contribution in [-0.2, 0) is 4.79 Å². The van der Waals surface area contributed by atoms with Crippen LogP contribution in [0.4, 0.5) is 5.82 Å². The fourth-order valence-electron chi connectivity index (χ4n) is 2.44. The van der Waals surface area contributed by atoms with Crippen molar-refractivity contribution in [3.05, 3.63) is 23.9 Å². The van der Waals surface area contributed by atoms with Gasteiger partial charge in [-0.15, -0.1) is 0 Å². The molecule has 1 aliphatic rings. The molecule has 2 rings (SSSR count). The summed E-state index contributed by atoms with van der Waals surface area (Å²) in [6.07, 6.45) is 3.96. The standard InChI is InChI=1S/C13H20N4O/c1-15-12-7-10(4-5-16-12)11-3-2-6-17(9-11)13(18)8-14/h4-5,7,11H,2-3,6,8-9,14H2,1H3,(H,15,16). The second-order valence-electron chi connectivity index (χ2n) is 4.61. The zero-order valence-electron chi connectivity index (χ0n) is 10.7. The molecule has 18 heavy (non-hydrogen) atoms. The van der Waals surface area contributed by atoms with Crippen LogP contribution in [0.25, 0.3) is 0 Å². The maximum absolute atomic E-state index is 11.6. The second-order valence-corrected chi connectivity index (χ2v) is 4.61. The first-order chi connectivity index (χ1) is 8.74. The number of nitrogens with one attached hydrogen (secondary N) is 1. The van der Waals surface area contributed by atoms with Crippen LogP contribution in [0.15, 0.2) is 18.3 Å². The number of pyridine rings is 1. The van der Waals surface area contributed by atoms with Gasteiger partial charge in [0.1, 0.15) is 5.82 Å². The number of carbonyl (C=O) groups excluding carboxylic acids is 1. The van der Waals surface area contributed by atoms with E-state index in [0.29, 0.717) is 5.92 Å². The second kappa shape index (κ2) is 5.82. The predicted molar refractivity (Wildman–Crippen MR) is 71.4 cm³/mol. The Bertz CT molecular complexity index is 421. The molecule has 0 saturated carbocycles. The number of likely N-dealkylation sites (tertiary alicyclic amines) is 1. The van der Waals surface area contributed by atoms with Gasteiger partial charge in [-0.3, -0.25) is 4.79 Å². The monoisotopic (exact) mass is 248 g/mol. The first-order valence-corrected chi connectivity index (χ1v) is 6.36. The summed E-state index contributed by atoms with van der Waals surface area (Å²) in [6.45, 7) is 1.70. The maximum Gasteiger partial charge on any atom is 0.236 e. The molecule has 0 radical (unpaired) electrons. The molecule has 0 aliphatic carbocycles. The zero-order chi connectivity index (χ0) is 13.0. The lowest BCUT2D eigenvalue weighted by Crippen LogP contribution is -2.42. The van der Waals surface area contributed by atoms with Crippen molar-refractivity contribution < 1.29 is 4.79 Å². The SMILES string of the molecule is CNc1cc(C2CCCN(C(=O)CN)C2)ccn1. The fraction of sp³-hybridized carbons (Fsp3) is 0.538. The van der Waals surface area contributed by atoms with Crippen LogP contribution >= 0.6 is 0 Å². The minimum absolute atomic E-state index is 0.0441. The maximum atomic E-state index is 11.6. The Labute approximate surface area is 107 Å². The third-order valence-corrected chi connectivity index (χ3v) is 3.46. The molecule has 98 valence electrons. The van der Waals surface area contributed by atoms with Crippen molar-refractivity contribution in [1.82, 2.24) is 9.88 Å². The molecule has 1 saturated heterocycles. The predicted octanol–water partition coefficient (Wildman–Crippen LogP) is 0.788. The van der Waals surface area contributed by atoms with E-state index in [0.717, 1.165) is 31.7 Å². The summed E-state index contributed by atoms with van der Waals surface area (Å²) >= 11 is 0. The summed E-state index contributed by atoms with van der Waals surface area (Å²) in [5.74, 6) is 1.31. The van der Waals surface area contributed by atoms with Gasteiger partial charge in [0.15, 0.2) is 0 Å². The number of nitrogens with two attached hydrogens (primary N) is 1. The molecular weight excluding hydrogens is 228 g/mol. The molecule has 1 fully saturated rings. The van der Waals surface area contributed by atoms with E-state index < -0.39 is 0 Å². The number of anilines is 1. The number of carbonyl (C=O) groups is 1. The molecule has 1 aromatic rings. The molecule has 1 atom stereocenters. The number of hydrogen-bond acceptors (Lipinski definition) is 4. The van der Waals surface area contributed by atoms with E-state index in [1.807, 2.05) is 24.2 Å². The summed E-state index contributed by atoms with van der Waals surface area (Å²) in [5, 5.41) is 3.04. The van der Waals surface area contributed by atoms with Crippen molar-refractivity contribution in [2.45, 2.75) is 18.8 Å². The third-order valence-electron chi connectivity index (χ3n) is 3.46. The van der Waals surface area contributed by atoms with E-state index in [1.54, 1.807) is 0 Å². The van der Waals surface area contributed by atoms with Gasteiger partial charge in [0.25, 0.3) is 0 Å². The van der Waals surface area contributed by atoms with Gasteiger partial charge in [-0.25, -0.2) is 4.98 Å². The minimum Gasteiger partial charge on any atom is -0.373 e. The van der Waals surface area contributed by atoms with Gasteiger partial charge >= 0.3 is 0 Å². The number of hydrogen-bond donors (Lipinski definition) is 2. The first kappa shape index (κ1) is 12.8. The van der Waals surface area contributed by atoms with E-state index in [-0.39, 0.29) is 12.5 Å². The first-order valence-electron chi connectivity index (χ1n) is 6.36. The van der Waals surface area contributed by atoms with E-state index >= 15 is 0 Å². The Hall–Kier alpha value is -1.62. The average Bonchev–Trinajstić information content (AvgIpc) is 2.46. The van der Waals surface area contributed by atoms with Crippen molar-refractivity contribution >= 4 is 11.7 Å². The summed E-state index contributed by atoms with van der Waals surface area (Å²) in [7, 11) is 1.86. The van der Waals surface area contributed by atoms with Crippen molar-refractivity contribution in [3.8, 4) is 0 Å². The van der Waals surface area contributed by atoms with Crippen LogP contribution in [0.5, 0.6) is 0 Å².